The maximum absolute atomic E-state index is 9.91. The fourth-order valence-corrected chi connectivity index (χ4v) is 2.30. The van der Waals surface area contributed by atoms with Crippen molar-refractivity contribution in [3.8, 4) is 11.5 Å². The molecule has 0 amide bonds. The summed E-state index contributed by atoms with van der Waals surface area (Å²) in [6, 6.07) is 5.44. The van der Waals surface area contributed by atoms with Crippen molar-refractivity contribution in [2.45, 2.75) is 53.0 Å². The molecule has 2 N–H and O–H groups in total. The van der Waals surface area contributed by atoms with Gasteiger partial charge in [-0.05, 0) is 17.9 Å². The number of benzene rings is 1. The first kappa shape index (κ1) is 16.8. The number of hydrogen-bond donors (Lipinski definition) is 2. The molecule has 0 radical (unpaired) electrons. The van der Waals surface area contributed by atoms with E-state index in [2.05, 4.69) is 26.1 Å². The van der Waals surface area contributed by atoms with Crippen molar-refractivity contribution >= 4 is 0 Å². The molecule has 1 aromatic rings. The van der Waals surface area contributed by atoms with Gasteiger partial charge in [0.25, 0.3) is 0 Å². The van der Waals surface area contributed by atoms with Crippen LogP contribution in [0.1, 0.15) is 52.0 Å². The fraction of sp³-hybridized carbons (Fsp3) is 0.647. The molecule has 0 atom stereocenters. The Morgan fingerprint density at radius 2 is 2.00 bits per heavy atom. The molecule has 0 saturated heterocycles. The van der Waals surface area contributed by atoms with Crippen molar-refractivity contribution in [3.63, 3.8) is 0 Å². The largest absolute Gasteiger partial charge is 0.507 e. The zero-order valence-corrected chi connectivity index (χ0v) is 13.3. The zero-order valence-electron chi connectivity index (χ0n) is 13.3. The van der Waals surface area contributed by atoms with E-state index in [1.54, 1.807) is 13.2 Å². The maximum Gasteiger partial charge on any atom is 0.123 e. The molecule has 0 aliphatic carbocycles. The van der Waals surface area contributed by atoms with Crippen LogP contribution in [-0.2, 0) is 6.54 Å². The molecule has 3 nitrogen and oxygen atoms in total. The van der Waals surface area contributed by atoms with Crippen molar-refractivity contribution in [1.82, 2.24) is 5.32 Å². The third-order valence-electron chi connectivity index (χ3n) is 3.67. The standard InChI is InChI=1S/C17H29NO2/c1-5-6-7-10-17(2,3)13-18-12-14-8-9-15(20-4)11-16(14)19/h8-9,11,18-19H,5-7,10,12-13H2,1-4H3. The van der Waals surface area contributed by atoms with Gasteiger partial charge in [0.05, 0.1) is 7.11 Å². The van der Waals surface area contributed by atoms with Gasteiger partial charge in [-0.25, -0.2) is 0 Å². The highest BCUT2D eigenvalue weighted by Crippen LogP contribution is 2.25. The number of nitrogens with one attached hydrogen (secondary N) is 1. The second kappa shape index (κ2) is 8.15. The van der Waals surface area contributed by atoms with Crippen LogP contribution < -0.4 is 10.1 Å². The lowest BCUT2D eigenvalue weighted by molar-refractivity contribution is 0.301. The number of phenolic OH excluding ortho intramolecular Hbond substituents is 1. The van der Waals surface area contributed by atoms with Crippen LogP contribution in [0.3, 0.4) is 0 Å². The summed E-state index contributed by atoms with van der Waals surface area (Å²) in [7, 11) is 1.60. The summed E-state index contributed by atoms with van der Waals surface area (Å²) in [4.78, 5) is 0. The van der Waals surface area contributed by atoms with Gasteiger partial charge < -0.3 is 15.2 Å². The van der Waals surface area contributed by atoms with Crippen LogP contribution in [0.25, 0.3) is 0 Å². The predicted octanol–water partition coefficient (Wildman–Crippen LogP) is 4.10. The van der Waals surface area contributed by atoms with Gasteiger partial charge >= 0.3 is 0 Å². The minimum atomic E-state index is 0.292. The van der Waals surface area contributed by atoms with Gasteiger partial charge in [0.2, 0.25) is 0 Å². The lowest BCUT2D eigenvalue weighted by Crippen LogP contribution is -2.29. The molecule has 114 valence electrons. The van der Waals surface area contributed by atoms with Gasteiger partial charge in [-0.2, -0.15) is 0 Å². The molecule has 0 fully saturated rings. The Balaban J connectivity index is 2.39. The maximum atomic E-state index is 9.91. The second-order valence-electron chi connectivity index (χ2n) is 6.22. The third-order valence-corrected chi connectivity index (χ3v) is 3.67. The number of rotatable bonds is 9. The monoisotopic (exact) mass is 279 g/mol. The molecule has 0 spiro atoms. The summed E-state index contributed by atoms with van der Waals surface area (Å²) in [5.74, 6) is 0.979. The quantitative estimate of drug-likeness (QED) is 0.669. The molecule has 0 aliphatic heterocycles. The molecule has 20 heavy (non-hydrogen) atoms. The molecule has 0 heterocycles. The number of phenols is 1. The van der Waals surface area contributed by atoms with Crippen LogP contribution in [0.5, 0.6) is 11.5 Å². The zero-order chi connectivity index (χ0) is 15.0. The van der Waals surface area contributed by atoms with Gasteiger partial charge in [-0.15, -0.1) is 0 Å². The van der Waals surface area contributed by atoms with Gasteiger partial charge in [0.1, 0.15) is 11.5 Å². The van der Waals surface area contributed by atoms with Crippen molar-refractivity contribution in [1.29, 1.82) is 0 Å². The van der Waals surface area contributed by atoms with E-state index in [9.17, 15) is 5.11 Å². The van der Waals surface area contributed by atoms with E-state index in [1.807, 2.05) is 12.1 Å². The molecule has 0 aromatic heterocycles. The fourth-order valence-electron chi connectivity index (χ4n) is 2.30. The van der Waals surface area contributed by atoms with Crippen LogP contribution in [0.4, 0.5) is 0 Å². The highest BCUT2D eigenvalue weighted by molar-refractivity contribution is 5.39. The summed E-state index contributed by atoms with van der Waals surface area (Å²) in [6.07, 6.45) is 5.10. The number of methoxy groups -OCH3 is 1. The van der Waals surface area contributed by atoms with E-state index in [4.69, 9.17) is 4.74 Å². The van der Waals surface area contributed by atoms with E-state index < -0.39 is 0 Å². The Kier molecular flexibility index (Phi) is 6.86. The van der Waals surface area contributed by atoms with E-state index in [-0.39, 0.29) is 0 Å². The molecule has 1 rings (SSSR count). The molecule has 0 bridgehead atoms. The van der Waals surface area contributed by atoms with Crippen LogP contribution in [-0.4, -0.2) is 18.8 Å². The van der Waals surface area contributed by atoms with Crippen molar-refractivity contribution in [2.24, 2.45) is 5.41 Å². The number of unbranched alkanes of at least 4 members (excludes halogenated alkanes) is 2. The minimum absolute atomic E-state index is 0.292. The van der Waals surface area contributed by atoms with Crippen molar-refractivity contribution in [2.75, 3.05) is 13.7 Å². The summed E-state index contributed by atoms with van der Waals surface area (Å²) < 4.78 is 5.08. The average molecular weight is 279 g/mol. The van der Waals surface area contributed by atoms with Gasteiger partial charge in [0.15, 0.2) is 0 Å². The van der Waals surface area contributed by atoms with E-state index in [0.717, 1.165) is 12.1 Å². The Bertz CT molecular complexity index is 402. The summed E-state index contributed by atoms with van der Waals surface area (Å²) in [5.41, 5.74) is 1.22. The lowest BCUT2D eigenvalue weighted by Gasteiger charge is -2.25. The minimum Gasteiger partial charge on any atom is -0.507 e. The second-order valence-corrected chi connectivity index (χ2v) is 6.22. The highest BCUT2D eigenvalue weighted by atomic mass is 16.5. The SMILES string of the molecule is CCCCCC(C)(C)CNCc1ccc(OC)cc1O. The Morgan fingerprint density at radius 3 is 2.60 bits per heavy atom. The first-order chi connectivity index (χ1) is 9.48. The topological polar surface area (TPSA) is 41.5 Å². The normalized spacial score (nSPS) is 11.6. The molecule has 0 unspecified atom stereocenters. The first-order valence-corrected chi connectivity index (χ1v) is 7.55. The molecular formula is C17H29NO2. The number of aromatic hydroxyl groups is 1. The molecular weight excluding hydrogens is 250 g/mol. The number of ether oxygens (including phenoxy) is 1. The molecule has 3 heteroatoms. The Hall–Kier alpha value is -1.22. The average Bonchev–Trinajstić information content (AvgIpc) is 2.40. The summed E-state index contributed by atoms with van der Waals surface area (Å²) >= 11 is 0. The van der Waals surface area contributed by atoms with Crippen molar-refractivity contribution < 1.29 is 9.84 Å². The van der Waals surface area contributed by atoms with Gasteiger partial charge in [-0.1, -0.05) is 46.1 Å². The molecule has 0 saturated carbocycles. The van der Waals surface area contributed by atoms with Crippen LogP contribution >= 0.6 is 0 Å². The van der Waals surface area contributed by atoms with Crippen LogP contribution in [0.2, 0.25) is 0 Å². The molecule has 0 aliphatic rings. The van der Waals surface area contributed by atoms with Crippen LogP contribution in [0, 0.1) is 5.41 Å². The Morgan fingerprint density at radius 1 is 1.25 bits per heavy atom. The Labute approximate surface area is 123 Å². The smallest absolute Gasteiger partial charge is 0.123 e. The van der Waals surface area contributed by atoms with Gasteiger partial charge in [0, 0.05) is 24.7 Å². The number of hydrogen-bond acceptors (Lipinski definition) is 3. The first-order valence-electron chi connectivity index (χ1n) is 7.55. The lowest BCUT2D eigenvalue weighted by atomic mass is 9.87. The predicted molar refractivity (Wildman–Crippen MR) is 84.3 cm³/mol. The summed E-state index contributed by atoms with van der Waals surface area (Å²) in [6.45, 7) is 8.47. The van der Waals surface area contributed by atoms with E-state index >= 15 is 0 Å². The molecule has 1 aromatic carbocycles. The van der Waals surface area contributed by atoms with E-state index in [0.29, 0.717) is 23.5 Å². The summed E-state index contributed by atoms with van der Waals surface area (Å²) in [5, 5.41) is 13.4. The highest BCUT2D eigenvalue weighted by Gasteiger charge is 2.16. The van der Waals surface area contributed by atoms with E-state index in [1.165, 1.54) is 25.7 Å². The van der Waals surface area contributed by atoms with Crippen molar-refractivity contribution in [3.05, 3.63) is 23.8 Å². The van der Waals surface area contributed by atoms with Gasteiger partial charge in [-0.3, -0.25) is 0 Å². The van der Waals surface area contributed by atoms with Crippen LogP contribution in [0.15, 0.2) is 18.2 Å². The third kappa shape index (κ3) is 5.83.